The third-order valence-corrected chi connectivity index (χ3v) is 3.07. The lowest BCUT2D eigenvalue weighted by Gasteiger charge is -2.09. The van der Waals surface area contributed by atoms with Crippen LogP contribution in [0.5, 0.6) is 5.75 Å². The lowest BCUT2D eigenvalue weighted by Crippen LogP contribution is -1.98. The van der Waals surface area contributed by atoms with Gasteiger partial charge in [0.15, 0.2) is 5.95 Å². The van der Waals surface area contributed by atoms with Gasteiger partial charge in [-0.25, -0.2) is 4.98 Å². The lowest BCUT2D eigenvalue weighted by atomic mass is 10.0. The summed E-state index contributed by atoms with van der Waals surface area (Å²) in [7, 11) is 1.70. The molecule has 3 N–H and O–H groups in total. The van der Waals surface area contributed by atoms with Crippen molar-refractivity contribution < 1.29 is 4.74 Å². The molecule has 0 unspecified atom stereocenters. The molecule has 0 saturated heterocycles. The van der Waals surface area contributed by atoms with Crippen molar-refractivity contribution in [1.82, 2.24) is 9.97 Å². The first-order valence-corrected chi connectivity index (χ1v) is 6.04. The third kappa shape index (κ3) is 2.64. The van der Waals surface area contributed by atoms with Gasteiger partial charge in [0.2, 0.25) is 0 Å². The fourth-order valence-electron chi connectivity index (χ4n) is 2.12. The molecule has 4 heteroatoms. The number of ether oxygens (including phenoxy) is 1. The fraction of sp³-hybridized carbons (Fsp3) is 0.357. The quantitative estimate of drug-likeness (QED) is 0.869. The Labute approximate surface area is 107 Å². The molecular formula is C14H19N3O. The second-order valence-electron chi connectivity index (χ2n) is 4.51. The zero-order chi connectivity index (χ0) is 13.1. The van der Waals surface area contributed by atoms with Crippen LogP contribution in [0.25, 0.3) is 0 Å². The van der Waals surface area contributed by atoms with Crippen LogP contribution in [0.3, 0.4) is 0 Å². The molecule has 1 aromatic carbocycles. The van der Waals surface area contributed by atoms with Crippen LogP contribution in [0, 0.1) is 13.8 Å². The molecule has 0 bridgehead atoms. The highest BCUT2D eigenvalue weighted by Gasteiger charge is 2.08. The number of anilines is 1. The summed E-state index contributed by atoms with van der Waals surface area (Å²) in [6.07, 6.45) is 1.76. The second-order valence-corrected chi connectivity index (χ2v) is 4.51. The zero-order valence-corrected chi connectivity index (χ0v) is 11.1. The Morgan fingerprint density at radius 2 is 2.06 bits per heavy atom. The van der Waals surface area contributed by atoms with Crippen LogP contribution in [0.4, 0.5) is 5.95 Å². The number of aromatic amines is 1. The van der Waals surface area contributed by atoms with Crippen molar-refractivity contribution in [2.45, 2.75) is 26.7 Å². The molecule has 1 aromatic heterocycles. The molecule has 0 aliphatic heterocycles. The van der Waals surface area contributed by atoms with Gasteiger partial charge in [0.05, 0.1) is 12.8 Å². The summed E-state index contributed by atoms with van der Waals surface area (Å²) >= 11 is 0. The molecular weight excluding hydrogens is 226 g/mol. The number of imidazole rings is 1. The molecule has 0 atom stereocenters. The summed E-state index contributed by atoms with van der Waals surface area (Å²) in [6.45, 7) is 4.08. The van der Waals surface area contributed by atoms with E-state index in [9.17, 15) is 0 Å². The first-order chi connectivity index (χ1) is 8.60. The number of benzene rings is 1. The first kappa shape index (κ1) is 12.5. The molecule has 2 aromatic rings. The molecule has 0 saturated carbocycles. The van der Waals surface area contributed by atoms with Crippen molar-refractivity contribution in [3.05, 3.63) is 40.7 Å². The van der Waals surface area contributed by atoms with Gasteiger partial charge in [-0.1, -0.05) is 17.7 Å². The Balaban J connectivity index is 2.14. The summed E-state index contributed by atoms with van der Waals surface area (Å²) in [6, 6.07) is 6.22. The number of nitrogen functional groups attached to an aromatic ring is 1. The van der Waals surface area contributed by atoms with Crippen molar-refractivity contribution in [1.29, 1.82) is 0 Å². The fourth-order valence-corrected chi connectivity index (χ4v) is 2.12. The Hall–Kier alpha value is -1.97. The molecule has 1 heterocycles. The number of aryl methyl sites for hydroxylation is 4. The summed E-state index contributed by atoms with van der Waals surface area (Å²) in [5, 5.41) is 0. The van der Waals surface area contributed by atoms with E-state index in [0.29, 0.717) is 5.95 Å². The number of hydrogen-bond donors (Lipinski definition) is 2. The first-order valence-electron chi connectivity index (χ1n) is 6.04. The van der Waals surface area contributed by atoms with Gasteiger partial charge in [-0.3, -0.25) is 0 Å². The molecule has 0 fully saturated rings. The number of nitrogens with two attached hydrogens (primary N) is 1. The summed E-state index contributed by atoms with van der Waals surface area (Å²) in [5.74, 6) is 1.42. The van der Waals surface area contributed by atoms with Crippen LogP contribution in [-0.4, -0.2) is 17.1 Å². The minimum Gasteiger partial charge on any atom is -0.496 e. The van der Waals surface area contributed by atoms with Crippen molar-refractivity contribution >= 4 is 5.95 Å². The number of nitrogens with zero attached hydrogens (tertiary/aromatic N) is 1. The Morgan fingerprint density at radius 3 is 2.67 bits per heavy atom. The number of hydrogen-bond acceptors (Lipinski definition) is 3. The van der Waals surface area contributed by atoms with E-state index >= 15 is 0 Å². The van der Waals surface area contributed by atoms with Crippen LogP contribution in [0.1, 0.15) is 22.5 Å². The normalized spacial score (nSPS) is 10.6. The van der Waals surface area contributed by atoms with E-state index in [4.69, 9.17) is 10.5 Å². The van der Waals surface area contributed by atoms with Gasteiger partial charge in [0.1, 0.15) is 5.75 Å². The molecule has 0 aliphatic carbocycles. The smallest absolute Gasteiger partial charge is 0.197 e. The van der Waals surface area contributed by atoms with E-state index in [-0.39, 0.29) is 0 Å². The molecule has 18 heavy (non-hydrogen) atoms. The van der Waals surface area contributed by atoms with Crippen molar-refractivity contribution in [3.8, 4) is 5.75 Å². The predicted octanol–water partition coefficient (Wildman–Crippen LogP) is 2.40. The number of methoxy groups -OCH3 is 1. The SMILES string of the molecule is COc1ccc(C)cc1CCc1nc(N)[nH]c1C. The zero-order valence-electron chi connectivity index (χ0n) is 11.1. The highest BCUT2D eigenvalue weighted by Crippen LogP contribution is 2.21. The minimum atomic E-state index is 0.485. The highest BCUT2D eigenvalue weighted by atomic mass is 16.5. The lowest BCUT2D eigenvalue weighted by molar-refractivity contribution is 0.409. The number of rotatable bonds is 4. The van der Waals surface area contributed by atoms with Gasteiger partial charge in [-0.05, 0) is 38.3 Å². The van der Waals surface area contributed by atoms with Crippen LogP contribution < -0.4 is 10.5 Å². The van der Waals surface area contributed by atoms with Gasteiger partial charge in [-0.15, -0.1) is 0 Å². The Kier molecular flexibility index (Phi) is 3.55. The minimum absolute atomic E-state index is 0.485. The van der Waals surface area contributed by atoms with Crippen molar-refractivity contribution in [3.63, 3.8) is 0 Å². The number of H-pyrrole nitrogens is 1. The largest absolute Gasteiger partial charge is 0.496 e. The van der Waals surface area contributed by atoms with E-state index in [2.05, 4.69) is 29.0 Å². The van der Waals surface area contributed by atoms with Gasteiger partial charge >= 0.3 is 0 Å². The maximum Gasteiger partial charge on any atom is 0.197 e. The maximum atomic E-state index is 5.64. The molecule has 0 radical (unpaired) electrons. The van der Waals surface area contributed by atoms with Crippen LogP contribution in [0.2, 0.25) is 0 Å². The number of aromatic nitrogens is 2. The van der Waals surface area contributed by atoms with Gasteiger partial charge in [0, 0.05) is 5.69 Å². The van der Waals surface area contributed by atoms with Gasteiger partial charge in [-0.2, -0.15) is 0 Å². The molecule has 0 spiro atoms. The molecule has 0 amide bonds. The molecule has 2 rings (SSSR count). The monoisotopic (exact) mass is 245 g/mol. The number of nitrogens with one attached hydrogen (secondary N) is 1. The van der Waals surface area contributed by atoms with E-state index in [1.807, 2.05) is 13.0 Å². The summed E-state index contributed by atoms with van der Waals surface area (Å²) < 4.78 is 5.37. The maximum absolute atomic E-state index is 5.64. The highest BCUT2D eigenvalue weighted by molar-refractivity contribution is 5.37. The molecule has 96 valence electrons. The van der Waals surface area contributed by atoms with Crippen LogP contribution in [-0.2, 0) is 12.8 Å². The molecule has 0 aliphatic rings. The third-order valence-electron chi connectivity index (χ3n) is 3.07. The topological polar surface area (TPSA) is 63.9 Å². The van der Waals surface area contributed by atoms with Crippen LogP contribution in [0.15, 0.2) is 18.2 Å². The standard InChI is InChI=1S/C14H19N3O/c1-9-4-7-13(18-3)11(8-9)5-6-12-10(2)16-14(15)17-12/h4,7-8H,5-6H2,1-3H3,(H3,15,16,17). The summed E-state index contributed by atoms with van der Waals surface area (Å²) in [5.41, 5.74) is 10.1. The van der Waals surface area contributed by atoms with Gasteiger partial charge in [0.25, 0.3) is 0 Å². The Morgan fingerprint density at radius 1 is 1.28 bits per heavy atom. The van der Waals surface area contributed by atoms with Gasteiger partial charge < -0.3 is 15.5 Å². The average Bonchev–Trinajstić information content (AvgIpc) is 2.65. The average molecular weight is 245 g/mol. The Bertz CT molecular complexity index is 546. The van der Waals surface area contributed by atoms with Crippen molar-refractivity contribution in [2.24, 2.45) is 0 Å². The summed E-state index contributed by atoms with van der Waals surface area (Å²) in [4.78, 5) is 7.30. The second kappa shape index (κ2) is 5.12. The molecule has 4 nitrogen and oxygen atoms in total. The van der Waals surface area contributed by atoms with Crippen LogP contribution >= 0.6 is 0 Å². The van der Waals surface area contributed by atoms with E-state index in [0.717, 1.165) is 30.0 Å². The van der Waals surface area contributed by atoms with E-state index in [1.165, 1.54) is 11.1 Å². The van der Waals surface area contributed by atoms with Crippen molar-refractivity contribution in [2.75, 3.05) is 12.8 Å². The van der Waals surface area contributed by atoms with E-state index in [1.54, 1.807) is 7.11 Å². The predicted molar refractivity (Wildman–Crippen MR) is 72.9 cm³/mol. The van der Waals surface area contributed by atoms with E-state index < -0.39 is 0 Å².